The summed E-state index contributed by atoms with van der Waals surface area (Å²) in [5.74, 6) is 0.159. The van der Waals surface area contributed by atoms with Gasteiger partial charge in [-0.15, -0.1) is 0 Å². The molecular formula is C23H25ClN4O4S. The van der Waals surface area contributed by atoms with Crippen molar-refractivity contribution >= 4 is 44.1 Å². The van der Waals surface area contributed by atoms with Gasteiger partial charge in [-0.05, 0) is 60.7 Å². The maximum absolute atomic E-state index is 12.9. The number of carbonyl (C=O) groups excluding carboxylic acids is 1. The van der Waals surface area contributed by atoms with Crippen LogP contribution in [0.1, 0.15) is 34.8 Å². The van der Waals surface area contributed by atoms with Crippen molar-refractivity contribution in [3.8, 4) is 5.69 Å². The van der Waals surface area contributed by atoms with E-state index in [1.54, 1.807) is 36.0 Å². The van der Waals surface area contributed by atoms with Crippen molar-refractivity contribution in [3.05, 3.63) is 52.7 Å². The molecule has 1 aliphatic carbocycles. The third-order valence-corrected chi connectivity index (χ3v) is 7.55. The zero-order valence-electron chi connectivity index (χ0n) is 18.4. The molecule has 0 radical (unpaired) electrons. The van der Waals surface area contributed by atoms with Crippen molar-refractivity contribution < 1.29 is 17.9 Å². The number of fused-ring (bicyclic) bond motifs is 1. The molecule has 5 rings (SSSR count). The second kappa shape index (κ2) is 8.30. The number of hydrogen-bond acceptors (Lipinski definition) is 5. The van der Waals surface area contributed by atoms with Crippen LogP contribution >= 0.6 is 11.6 Å². The van der Waals surface area contributed by atoms with Gasteiger partial charge >= 0.3 is 0 Å². The van der Waals surface area contributed by atoms with Gasteiger partial charge in [0.25, 0.3) is 5.91 Å². The van der Waals surface area contributed by atoms with E-state index in [-0.39, 0.29) is 17.7 Å². The molecule has 1 amide bonds. The molecule has 1 saturated carbocycles. The van der Waals surface area contributed by atoms with Gasteiger partial charge in [0.1, 0.15) is 5.69 Å². The fraction of sp³-hybridized carbons (Fsp3) is 0.391. The van der Waals surface area contributed by atoms with E-state index in [1.165, 1.54) is 10.6 Å². The highest BCUT2D eigenvalue weighted by molar-refractivity contribution is 7.92. The van der Waals surface area contributed by atoms with Gasteiger partial charge in [-0.3, -0.25) is 9.10 Å². The molecule has 2 fully saturated rings. The van der Waals surface area contributed by atoms with Crippen LogP contribution in [0.3, 0.4) is 0 Å². The van der Waals surface area contributed by atoms with Crippen LogP contribution in [0, 0.1) is 5.92 Å². The van der Waals surface area contributed by atoms with E-state index in [1.807, 2.05) is 12.1 Å². The first-order valence-corrected chi connectivity index (χ1v) is 13.1. The Morgan fingerprint density at radius 1 is 1.24 bits per heavy atom. The number of halogens is 1. The lowest BCUT2D eigenvalue weighted by Crippen LogP contribution is -2.42. The van der Waals surface area contributed by atoms with Gasteiger partial charge < -0.3 is 10.1 Å². The van der Waals surface area contributed by atoms with Gasteiger partial charge in [0, 0.05) is 29.9 Å². The number of benzene rings is 2. The first kappa shape index (κ1) is 22.2. The third kappa shape index (κ3) is 4.20. The highest BCUT2D eigenvalue weighted by Gasteiger charge is 2.34. The molecule has 2 heterocycles. The highest BCUT2D eigenvalue weighted by atomic mass is 35.5. The van der Waals surface area contributed by atoms with Crippen LogP contribution in [0.15, 0.2) is 36.4 Å². The number of aromatic nitrogens is 2. The number of sulfonamides is 1. The number of nitrogens with zero attached hydrogens (tertiary/aromatic N) is 3. The van der Waals surface area contributed by atoms with Crippen LogP contribution in [-0.4, -0.2) is 57.2 Å². The monoisotopic (exact) mass is 488 g/mol. The predicted molar refractivity (Wildman–Crippen MR) is 128 cm³/mol. The van der Waals surface area contributed by atoms with Gasteiger partial charge in [-0.2, -0.15) is 5.10 Å². The Morgan fingerprint density at radius 3 is 2.48 bits per heavy atom. The molecule has 174 valence electrons. The van der Waals surface area contributed by atoms with E-state index >= 15 is 0 Å². The molecule has 0 spiro atoms. The topological polar surface area (TPSA) is 93.5 Å². The average Bonchev–Trinajstić information content (AvgIpc) is 3.52. The Morgan fingerprint density at radius 2 is 1.94 bits per heavy atom. The molecule has 0 bridgehead atoms. The van der Waals surface area contributed by atoms with E-state index in [9.17, 15) is 13.2 Å². The summed E-state index contributed by atoms with van der Waals surface area (Å²) in [6.45, 7) is 1.47. The lowest BCUT2D eigenvalue weighted by atomic mass is 10.0. The minimum absolute atomic E-state index is 0.163. The molecule has 1 aliphatic heterocycles. The minimum Gasteiger partial charge on any atom is -0.381 e. The van der Waals surface area contributed by atoms with Gasteiger partial charge in [-0.1, -0.05) is 11.6 Å². The Kier molecular flexibility index (Phi) is 5.58. The maximum Gasteiger partial charge on any atom is 0.270 e. The maximum atomic E-state index is 12.9. The Labute approximate surface area is 197 Å². The van der Waals surface area contributed by atoms with E-state index in [2.05, 4.69) is 5.32 Å². The summed E-state index contributed by atoms with van der Waals surface area (Å²) in [7, 11) is -1.94. The van der Waals surface area contributed by atoms with E-state index in [4.69, 9.17) is 21.4 Å². The van der Waals surface area contributed by atoms with Crippen LogP contribution < -0.4 is 9.62 Å². The van der Waals surface area contributed by atoms with Crippen molar-refractivity contribution in [1.82, 2.24) is 15.1 Å². The summed E-state index contributed by atoms with van der Waals surface area (Å²) in [4.78, 5) is 12.9. The van der Waals surface area contributed by atoms with Crippen molar-refractivity contribution in [2.75, 3.05) is 37.4 Å². The van der Waals surface area contributed by atoms with Crippen LogP contribution in [0.5, 0.6) is 0 Å². The lowest BCUT2D eigenvalue weighted by molar-refractivity contribution is -0.0262. The summed E-state index contributed by atoms with van der Waals surface area (Å²) in [5, 5.41) is 8.68. The minimum atomic E-state index is -3.52. The van der Waals surface area contributed by atoms with Gasteiger partial charge in [0.05, 0.1) is 36.4 Å². The fourth-order valence-electron chi connectivity index (χ4n) is 4.22. The molecular weight excluding hydrogens is 464 g/mol. The number of nitrogens with one attached hydrogen (secondary N) is 1. The van der Waals surface area contributed by atoms with E-state index in [0.29, 0.717) is 52.8 Å². The molecule has 2 aliphatic rings. The summed E-state index contributed by atoms with van der Waals surface area (Å²) in [6, 6.07) is 10.8. The normalized spacial score (nSPS) is 16.6. The van der Waals surface area contributed by atoms with Crippen molar-refractivity contribution in [1.29, 1.82) is 0 Å². The summed E-state index contributed by atoms with van der Waals surface area (Å²) >= 11 is 6.05. The Bertz CT molecular complexity index is 1330. The van der Waals surface area contributed by atoms with Crippen molar-refractivity contribution in [2.45, 2.75) is 18.8 Å². The predicted octanol–water partition coefficient (Wildman–Crippen LogP) is 3.33. The highest BCUT2D eigenvalue weighted by Crippen LogP contribution is 2.47. The fourth-order valence-corrected chi connectivity index (χ4v) is 5.34. The SMILES string of the molecule is CNC(=O)c1c2cc(C3CC3)c(N(CC3COC3)S(C)(=O)=O)cc2nn1-c1ccc(Cl)cc1. The smallest absolute Gasteiger partial charge is 0.270 e. The molecule has 1 N–H and O–H groups in total. The zero-order valence-corrected chi connectivity index (χ0v) is 20.0. The van der Waals surface area contributed by atoms with Crippen molar-refractivity contribution in [3.63, 3.8) is 0 Å². The van der Waals surface area contributed by atoms with Crippen molar-refractivity contribution in [2.24, 2.45) is 5.92 Å². The van der Waals surface area contributed by atoms with E-state index in [0.717, 1.165) is 18.4 Å². The molecule has 1 aromatic heterocycles. The standard InChI is InChI=1S/C23H25ClN4O4S/c1-25-23(29)22-19-9-18(15-3-4-15)21(27(33(2,30)31)11-14-12-32-13-14)10-20(19)26-28(22)17-7-5-16(24)6-8-17/h5-10,14-15H,3-4,11-13H2,1-2H3,(H,25,29). The number of anilines is 1. The average molecular weight is 489 g/mol. The molecule has 10 heteroatoms. The Hall–Kier alpha value is -2.62. The summed E-state index contributed by atoms with van der Waals surface area (Å²) in [6.07, 6.45) is 3.21. The number of amides is 1. The summed E-state index contributed by atoms with van der Waals surface area (Å²) < 4.78 is 33.9. The van der Waals surface area contributed by atoms with Crippen LogP contribution in [0.2, 0.25) is 5.02 Å². The molecule has 3 aromatic rings. The van der Waals surface area contributed by atoms with Gasteiger partial charge in [-0.25, -0.2) is 13.1 Å². The summed E-state index contributed by atoms with van der Waals surface area (Å²) in [5.41, 5.74) is 3.23. The first-order chi connectivity index (χ1) is 15.8. The number of ether oxygens (including phenoxy) is 1. The first-order valence-electron chi connectivity index (χ1n) is 10.9. The second-order valence-electron chi connectivity index (χ2n) is 8.72. The number of hydrogen-bond donors (Lipinski definition) is 1. The van der Waals surface area contributed by atoms with Crippen LogP contribution in [-0.2, 0) is 14.8 Å². The number of rotatable bonds is 7. The number of carbonyl (C=O) groups is 1. The Balaban J connectivity index is 1.72. The van der Waals surface area contributed by atoms with Gasteiger partial charge in [0.15, 0.2) is 0 Å². The second-order valence-corrected chi connectivity index (χ2v) is 11.1. The molecule has 0 unspecified atom stereocenters. The zero-order chi connectivity index (χ0) is 23.3. The quantitative estimate of drug-likeness (QED) is 0.550. The molecule has 2 aromatic carbocycles. The third-order valence-electron chi connectivity index (χ3n) is 6.15. The molecule has 33 heavy (non-hydrogen) atoms. The molecule has 0 atom stereocenters. The van der Waals surface area contributed by atoms with Crippen LogP contribution in [0.4, 0.5) is 5.69 Å². The molecule has 8 nitrogen and oxygen atoms in total. The van der Waals surface area contributed by atoms with Crippen LogP contribution in [0.25, 0.3) is 16.6 Å². The lowest BCUT2D eigenvalue weighted by Gasteiger charge is -2.33. The largest absolute Gasteiger partial charge is 0.381 e. The van der Waals surface area contributed by atoms with Gasteiger partial charge in [0.2, 0.25) is 10.0 Å². The molecule has 1 saturated heterocycles. The van der Waals surface area contributed by atoms with E-state index < -0.39 is 10.0 Å².